The van der Waals surface area contributed by atoms with E-state index >= 15 is 0 Å². The van der Waals surface area contributed by atoms with Gasteiger partial charge in [-0.15, -0.1) is 10.2 Å². The Labute approximate surface area is 193 Å². The van der Waals surface area contributed by atoms with Gasteiger partial charge in [0.2, 0.25) is 0 Å². The van der Waals surface area contributed by atoms with Crippen LogP contribution in [0.25, 0.3) is 28.1 Å². The first-order chi connectivity index (χ1) is 16.3. The number of rotatable bonds is 3. The molecule has 6 rings (SSSR count). The number of fused-ring (bicyclic) bond motifs is 4. The van der Waals surface area contributed by atoms with Gasteiger partial charge in [0.1, 0.15) is 23.6 Å². The minimum Gasteiger partial charge on any atom is -0.490 e. The van der Waals surface area contributed by atoms with E-state index in [-0.39, 0.29) is 24.3 Å². The standard InChI is InChI=1S/C24H23F3N6O/c1-13-10-17-19(34-13)6-3-14-2-5-18(29-21(14)17)23-31-30-20-7-4-15(11-33(20)23)22(24(25,26)27)32-9-8-16(28)12-32/h2-7,11,13,16,22H,8-10,12,28H2,1H3. The second-order valence-corrected chi connectivity index (χ2v) is 9.15. The van der Waals surface area contributed by atoms with E-state index in [1.54, 1.807) is 10.5 Å². The lowest BCUT2D eigenvalue weighted by Gasteiger charge is -2.30. The van der Waals surface area contributed by atoms with Crippen LogP contribution < -0.4 is 10.5 Å². The molecule has 0 amide bonds. The average molecular weight is 468 g/mol. The third-order valence-corrected chi connectivity index (χ3v) is 6.65. The molecule has 5 heterocycles. The maximum Gasteiger partial charge on any atom is 0.408 e. The molecular weight excluding hydrogens is 445 g/mol. The number of pyridine rings is 2. The lowest BCUT2D eigenvalue weighted by atomic mass is 10.1. The van der Waals surface area contributed by atoms with Gasteiger partial charge in [-0.25, -0.2) is 4.98 Å². The van der Waals surface area contributed by atoms with Crippen LogP contribution in [0.5, 0.6) is 5.75 Å². The number of hydrogen-bond donors (Lipinski definition) is 1. The number of ether oxygens (including phenoxy) is 1. The van der Waals surface area contributed by atoms with Gasteiger partial charge in [0.05, 0.1) is 5.52 Å². The van der Waals surface area contributed by atoms with Crippen LogP contribution in [0, 0.1) is 0 Å². The molecule has 1 fully saturated rings. The van der Waals surface area contributed by atoms with E-state index in [4.69, 9.17) is 15.5 Å². The normalized spacial score (nSPS) is 21.8. The lowest BCUT2D eigenvalue weighted by Crippen LogP contribution is -2.38. The molecule has 3 unspecified atom stereocenters. The van der Waals surface area contributed by atoms with E-state index in [9.17, 15) is 13.2 Å². The molecule has 2 N–H and O–H groups in total. The molecule has 7 nitrogen and oxygen atoms in total. The van der Waals surface area contributed by atoms with Crippen molar-refractivity contribution in [2.24, 2.45) is 5.73 Å². The average Bonchev–Trinajstić information content (AvgIpc) is 3.50. The summed E-state index contributed by atoms with van der Waals surface area (Å²) in [6.45, 7) is 2.51. The number of nitrogens with two attached hydrogens (primary N) is 1. The molecule has 34 heavy (non-hydrogen) atoms. The zero-order valence-electron chi connectivity index (χ0n) is 18.5. The largest absolute Gasteiger partial charge is 0.490 e. The Morgan fingerprint density at radius 3 is 2.71 bits per heavy atom. The van der Waals surface area contributed by atoms with Gasteiger partial charge in [-0.05, 0) is 43.2 Å². The number of halogens is 3. The Morgan fingerprint density at radius 2 is 1.94 bits per heavy atom. The first kappa shape index (κ1) is 21.3. The Kier molecular flexibility index (Phi) is 4.79. The van der Waals surface area contributed by atoms with Gasteiger partial charge in [0, 0.05) is 42.7 Å². The summed E-state index contributed by atoms with van der Waals surface area (Å²) in [5, 5.41) is 9.39. The highest BCUT2D eigenvalue weighted by Gasteiger charge is 2.46. The molecule has 0 spiro atoms. The molecule has 1 aromatic carbocycles. The maximum absolute atomic E-state index is 14.1. The fraction of sp³-hybridized carbons (Fsp3) is 0.375. The Morgan fingerprint density at radius 1 is 1.12 bits per heavy atom. The number of benzene rings is 1. The maximum atomic E-state index is 14.1. The van der Waals surface area contributed by atoms with Crippen LogP contribution in [0.3, 0.4) is 0 Å². The first-order valence-corrected chi connectivity index (χ1v) is 11.3. The molecule has 0 aliphatic carbocycles. The van der Waals surface area contributed by atoms with Crippen LogP contribution in [-0.4, -0.2) is 55.9 Å². The summed E-state index contributed by atoms with van der Waals surface area (Å²) in [6, 6.07) is 8.69. The van der Waals surface area contributed by atoms with Crippen molar-refractivity contribution in [2.75, 3.05) is 13.1 Å². The van der Waals surface area contributed by atoms with Crippen molar-refractivity contribution in [3.8, 4) is 17.3 Å². The highest BCUT2D eigenvalue weighted by molar-refractivity contribution is 5.86. The summed E-state index contributed by atoms with van der Waals surface area (Å²) in [7, 11) is 0. The molecule has 1 saturated heterocycles. The van der Waals surface area contributed by atoms with E-state index in [2.05, 4.69) is 10.2 Å². The van der Waals surface area contributed by atoms with Crippen molar-refractivity contribution in [3.05, 3.63) is 53.7 Å². The van der Waals surface area contributed by atoms with Crippen molar-refractivity contribution in [1.82, 2.24) is 24.5 Å². The number of hydrogen-bond acceptors (Lipinski definition) is 6. The van der Waals surface area contributed by atoms with Crippen molar-refractivity contribution >= 4 is 16.6 Å². The molecule has 10 heteroatoms. The van der Waals surface area contributed by atoms with Crippen LogP contribution in [0.2, 0.25) is 0 Å². The minimum atomic E-state index is -4.44. The van der Waals surface area contributed by atoms with Gasteiger partial charge in [0.25, 0.3) is 0 Å². The minimum absolute atomic E-state index is 0.0699. The van der Waals surface area contributed by atoms with E-state index in [0.717, 1.165) is 28.6 Å². The summed E-state index contributed by atoms with van der Waals surface area (Å²) in [5.41, 5.74) is 8.86. The van der Waals surface area contributed by atoms with E-state index in [0.29, 0.717) is 30.1 Å². The predicted octanol–water partition coefficient (Wildman–Crippen LogP) is 3.90. The number of alkyl halides is 3. The van der Waals surface area contributed by atoms with Crippen LogP contribution in [0.1, 0.15) is 30.5 Å². The Hall–Kier alpha value is -3.24. The molecule has 0 bridgehead atoms. The molecule has 176 valence electrons. The Balaban J connectivity index is 1.46. The molecule has 0 saturated carbocycles. The van der Waals surface area contributed by atoms with E-state index in [1.165, 1.54) is 17.2 Å². The van der Waals surface area contributed by atoms with Gasteiger partial charge in [-0.3, -0.25) is 9.30 Å². The van der Waals surface area contributed by atoms with Crippen molar-refractivity contribution < 1.29 is 17.9 Å². The predicted molar refractivity (Wildman–Crippen MR) is 120 cm³/mol. The molecule has 0 radical (unpaired) electrons. The third kappa shape index (κ3) is 3.48. The van der Waals surface area contributed by atoms with E-state index < -0.39 is 12.2 Å². The highest BCUT2D eigenvalue weighted by atomic mass is 19.4. The summed E-state index contributed by atoms with van der Waals surface area (Å²) >= 11 is 0. The van der Waals surface area contributed by atoms with Gasteiger partial charge in [-0.1, -0.05) is 12.1 Å². The van der Waals surface area contributed by atoms with E-state index in [1.807, 2.05) is 31.2 Å². The number of likely N-dealkylation sites (tertiary alicyclic amines) is 1. The molecule has 4 aromatic rings. The third-order valence-electron chi connectivity index (χ3n) is 6.65. The second kappa shape index (κ2) is 7.64. The van der Waals surface area contributed by atoms with Gasteiger partial charge < -0.3 is 10.5 Å². The SMILES string of the molecule is CC1Cc2c(ccc3ccc(-c4nnc5ccc(C(N6CCC(N)C6)C(F)(F)F)cn45)nc23)O1. The number of aromatic nitrogens is 4. The fourth-order valence-corrected chi connectivity index (χ4v) is 5.11. The monoisotopic (exact) mass is 468 g/mol. The molecule has 3 atom stereocenters. The Bertz CT molecular complexity index is 1400. The summed E-state index contributed by atoms with van der Waals surface area (Å²) in [6.07, 6.45) is -1.61. The zero-order chi connectivity index (χ0) is 23.6. The van der Waals surface area contributed by atoms with Crippen LogP contribution in [0.15, 0.2) is 42.6 Å². The molecule has 3 aromatic heterocycles. The van der Waals surface area contributed by atoms with Gasteiger partial charge >= 0.3 is 6.18 Å². The van der Waals surface area contributed by atoms with Crippen LogP contribution >= 0.6 is 0 Å². The van der Waals surface area contributed by atoms with Crippen LogP contribution in [0.4, 0.5) is 13.2 Å². The highest BCUT2D eigenvalue weighted by Crippen LogP contribution is 2.40. The topological polar surface area (TPSA) is 81.6 Å². The quantitative estimate of drug-likeness (QED) is 0.491. The van der Waals surface area contributed by atoms with Crippen molar-refractivity contribution in [2.45, 2.75) is 44.1 Å². The molecule has 2 aliphatic rings. The first-order valence-electron chi connectivity index (χ1n) is 11.3. The van der Waals surface area contributed by atoms with Crippen molar-refractivity contribution in [3.63, 3.8) is 0 Å². The number of nitrogens with zero attached hydrogens (tertiary/aromatic N) is 5. The second-order valence-electron chi connectivity index (χ2n) is 9.15. The lowest BCUT2D eigenvalue weighted by molar-refractivity contribution is -0.183. The summed E-state index contributed by atoms with van der Waals surface area (Å²) in [5.74, 6) is 1.21. The summed E-state index contributed by atoms with van der Waals surface area (Å²) in [4.78, 5) is 6.23. The summed E-state index contributed by atoms with van der Waals surface area (Å²) < 4.78 is 49.8. The smallest absolute Gasteiger partial charge is 0.408 e. The molecule has 2 aliphatic heterocycles. The van der Waals surface area contributed by atoms with Crippen LogP contribution in [-0.2, 0) is 6.42 Å². The van der Waals surface area contributed by atoms with Gasteiger partial charge in [-0.2, -0.15) is 13.2 Å². The van der Waals surface area contributed by atoms with Crippen molar-refractivity contribution in [1.29, 1.82) is 0 Å². The van der Waals surface area contributed by atoms with Gasteiger partial charge in [0.15, 0.2) is 11.5 Å². The molecular formula is C24H23F3N6O. The zero-order valence-corrected chi connectivity index (χ0v) is 18.5. The fourth-order valence-electron chi connectivity index (χ4n) is 5.11.